The van der Waals surface area contributed by atoms with Crippen molar-refractivity contribution >= 4 is 5.91 Å². The Morgan fingerprint density at radius 2 is 2.13 bits per heavy atom. The SMILES string of the molecule is C=CCCC(CC)NCC(=O)NC(C)C. The topological polar surface area (TPSA) is 41.1 Å². The van der Waals surface area contributed by atoms with Crippen molar-refractivity contribution in [1.82, 2.24) is 10.6 Å². The van der Waals surface area contributed by atoms with Gasteiger partial charge in [-0.2, -0.15) is 0 Å². The number of nitrogens with one attached hydrogen (secondary N) is 2. The summed E-state index contributed by atoms with van der Waals surface area (Å²) in [5.74, 6) is 0.0713. The molecule has 88 valence electrons. The smallest absolute Gasteiger partial charge is 0.234 e. The van der Waals surface area contributed by atoms with Crippen molar-refractivity contribution in [2.75, 3.05) is 6.54 Å². The lowest BCUT2D eigenvalue weighted by Crippen LogP contribution is -2.41. The number of rotatable bonds is 8. The first-order valence-corrected chi connectivity index (χ1v) is 5.73. The predicted octanol–water partition coefficient (Wildman–Crippen LogP) is 1.85. The zero-order valence-electron chi connectivity index (χ0n) is 10.2. The Morgan fingerprint density at radius 1 is 1.47 bits per heavy atom. The van der Waals surface area contributed by atoms with E-state index in [0.29, 0.717) is 12.6 Å². The average Bonchev–Trinajstić information content (AvgIpc) is 2.17. The Kier molecular flexibility index (Phi) is 8.01. The van der Waals surface area contributed by atoms with Crippen molar-refractivity contribution in [2.24, 2.45) is 0 Å². The van der Waals surface area contributed by atoms with Crippen LogP contribution in [0.2, 0.25) is 0 Å². The van der Waals surface area contributed by atoms with Gasteiger partial charge in [0.05, 0.1) is 6.54 Å². The van der Waals surface area contributed by atoms with Crippen LogP contribution < -0.4 is 10.6 Å². The minimum absolute atomic E-state index is 0.0713. The van der Waals surface area contributed by atoms with Crippen LogP contribution in [0.1, 0.15) is 40.0 Å². The normalized spacial score (nSPS) is 12.5. The number of amides is 1. The molecule has 0 aromatic rings. The highest BCUT2D eigenvalue weighted by Gasteiger charge is 2.07. The van der Waals surface area contributed by atoms with E-state index in [9.17, 15) is 4.79 Å². The van der Waals surface area contributed by atoms with Crippen LogP contribution in [0.4, 0.5) is 0 Å². The molecule has 0 saturated heterocycles. The second kappa shape index (κ2) is 8.48. The molecule has 0 saturated carbocycles. The van der Waals surface area contributed by atoms with E-state index in [1.807, 2.05) is 19.9 Å². The van der Waals surface area contributed by atoms with E-state index in [-0.39, 0.29) is 11.9 Å². The summed E-state index contributed by atoms with van der Waals surface area (Å²) in [5, 5.41) is 6.11. The molecule has 0 spiro atoms. The zero-order chi connectivity index (χ0) is 11.7. The molecule has 0 aliphatic rings. The van der Waals surface area contributed by atoms with Crippen LogP contribution in [0.3, 0.4) is 0 Å². The largest absolute Gasteiger partial charge is 0.353 e. The molecule has 0 radical (unpaired) electrons. The molecule has 0 fully saturated rings. The Balaban J connectivity index is 3.69. The minimum atomic E-state index is 0.0713. The third kappa shape index (κ3) is 8.18. The van der Waals surface area contributed by atoms with E-state index in [4.69, 9.17) is 0 Å². The van der Waals surface area contributed by atoms with Crippen molar-refractivity contribution in [3.63, 3.8) is 0 Å². The van der Waals surface area contributed by atoms with Crippen LogP contribution in [-0.2, 0) is 4.79 Å². The Hall–Kier alpha value is -0.830. The molecule has 1 atom stereocenters. The molecule has 15 heavy (non-hydrogen) atoms. The summed E-state index contributed by atoms with van der Waals surface area (Å²) in [6.07, 6.45) is 5.01. The predicted molar refractivity (Wildman–Crippen MR) is 64.8 cm³/mol. The van der Waals surface area contributed by atoms with E-state index >= 15 is 0 Å². The number of allylic oxidation sites excluding steroid dienone is 1. The van der Waals surface area contributed by atoms with Crippen LogP contribution in [0.15, 0.2) is 12.7 Å². The number of carbonyl (C=O) groups excluding carboxylic acids is 1. The lowest BCUT2D eigenvalue weighted by atomic mass is 10.1. The van der Waals surface area contributed by atoms with Crippen LogP contribution in [-0.4, -0.2) is 24.5 Å². The van der Waals surface area contributed by atoms with Gasteiger partial charge in [0.1, 0.15) is 0 Å². The van der Waals surface area contributed by atoms with Crippen LogP contribution in [0, 0.1) is 0 Å². The number of carbonyl (C=O) groups is 1. The van der Waals surface area contributed by atoms with Gasteiger partial charge in [0.15, 0.2) is 0 Å². The van der Waals surface area contributed by atoms with Gasteiger partial charge in [0.2, 0.25) is 5.91 Å². The van der Waals surface area contributed by atoms with Gasteiger partial charge >= 0.3 is 0 Å². The van der Waals surface area contributed by atoms with Gasteiger partial charge in [-0.25, -0.2) is 0 Å². The summed E-state index contributed by atoms with van der Waals surface area (Å²) in [4.78, 5) is 11.4. The fraction of sp³-hybridized carbons (Fsp3) is 0.750. The van der Waals surface area contributed by atoms with E-state index in [0.717, 1.165) is 19.3 Å². The molecule has 1 unspecified atom stereocenters. The van der Waals surface area contributed by atoms with Gasteiger partial charge in [0, 0.05) is 12.1 Å². The lowest BCUT2D eigenvalue weighted by molar-refractivity contribution is -0.120. The highest BCUT2D eigenvalue weighted by molar-refractivity contribution is 5.78. The van der Waals surface area contributed by atoms with Crippen molar-refractivity contribution < 1.29 is 4.79 Å². The summed E-state index contributed by atoms with van der Waals surface area (Å²) in [5.41, 5.74) is 0. The standard InChI is InChI=1S/C12H24N2O/c1-5-7-8-11(6-2)13-9-12(15)14-10(3)4/h5,10-11,13H,1,6-9H2,2-4H3,(H,14,15). The third-order valence-corrected chi connectivity index (χ3v) is 2.21. The first-order valence-electron chi connectivity index (χ1n) is 5.73. The molecular weight excluding hydrogens is 188 g/mol. The number of hydrogen-bond donors (Lipinski definition) is 2. The van der Waals surface area contributed by atoms with Crippen LogP contribution in [0.5, 0.6) is 0 Å². The Morgan fingerprint density at radius 3 is 2.60 bits per heavy atom. The quantitative estimate of drug-likeness (QED) is 0.603. The molecule has 0 rings (SSSR count). The van der Waals surface area contributed by atoms with Gasteiger partial charge < -0.3 is 10.6 Å². The van der Waals surface area contributed by atoms with Crippen molar-refractivity contribution in [3.8, 4) is 0 Å². The highest BCUT2D eigenvalue weighted by Crippen LogP contribution is 2.01. The maximum atomic E-state index is 11.4. The summed E-state index contributed by atoms with van der Waals surface area (Å²) >= 11 is 0. The molecule has 0 bridgehead atoms. The maximum absolute atomic E-state index is 11.4. The van der Waals surface area contributed by atoms with Crippen molar-refractivity contribution in [3.05, 3.63) is 12.7 Å². The molecule has 0 heterocycles. The van der Waals surface area contributed by atoms with E-state index in [1.54, 1.807) is 0 Å². The van der Waals surface area contributed by atoms with E-state index < -0.39 is 0 Å². The monoisotopic (exact) mass is 212 g/mol. The fourth-order valence-electron chi connectivity index (χ4n) is 1.38. The third-order valence-electron chi connectivity index (χ3n) is 2.21. The van der Waals surface area contributed by atoms with E-state index in [2.05, 4.69) is 24.1 Å². The molecule has 1 amide bonds. The minimum Gasteiger partial charge on any atom is -0.353 e. The fourth-order valence-corrected chi connectivity index (χ4v) is 1.38. The molecule has 0 aromatic carbocycles. The van der Waals surface area contributed by atoms with Gasteiger partial charge in [-0.15, -0.1) is 6.58 Å². The summed E-state index contributed by atoms with van der Waals surface area (Å²) in [6, 6.07) is 0.633. The first-order chi connectivity index (χ1) is 7.10. The van der Waals surface area contributed by atoms with Gasteiger partial charge in [-0.05, 0) is 33.1 Å². The first kappa shape index (κ1) is 14.2. The molecule has 0 aromatic heterocycles. The van der Waals surface area contributed by atoms with Crippen LogP contribution >= 0.6 is 0 Å². The van der Waals surface area contributed by atoms with E-state index in [1.165, 1.54) is 0 Å². The second-order valence-corrected chi connectivity index (χ2v) is 4.07. The van der Waals surface area contributed by atoms with Crippen molar-refractivity contribution in [1.29, 1.82) is 0 Å². The lowest BCUT2D eigenvalue weighted by Gasteiger charge is -2.16. The Bertz CT molecular complexity index is 190. The summed E-state index contributed by atoms with van der Waals surface area (Å²) in [7, 11) is 0. The van der Waals surface area contributed by atoms with Crippen molar-refractivity contribution in [2.45, 2.75) is 52.1 Å². The van der Waals surface area contributed by atoms with Gasteiger partial charge in [0.25, 0.3) is 0 Å². The number of hydrogen-bond acceptors (Lipinski definition) is 2. The molecule has 3 nitrogen and oxygen atoms in total. The van der Waals surface area contributed by atoms with Gasteiger partial charge in [-0.1, -0.05) is 13.0 Å². The molecular formula is C12H24N2O. The van der Waals surface area contributed by atoms with Crippen LogP contribution in [0.25, 0.3) is 0 Å². The molecule has 0 aliphatic heterocycles. The molecule has 3 heteroatoms. The molecule has 2 N–H and O–H groups in total. The average molecular weight is 212 g/mol. The Labute approximate surface area is 93.3 Å². The zero-order valence-corrected chi connectivity index (χ0v) is 10.2. The highest BCUT2D eigenvalue weighted by atomic mass is 16.1. The second-order valence-electron chi connectivity index (χ2n) is 4.07. The maximum Gasteiger partial charge on any atom is 0.234 e. The summed E-state index contributed by atoms with van der Waals surface area (Å²) in [6.45, 7) is 10.2. The molecule has 0 aliphatic carbocycles. The summed E-state index contributed by atoms with van der Waals surface area (Å²) < 4.78 is 0. The van der Waals surface area contributed by atoms with Gasteiger partial charge in [-0.3, -0.25) is 4.79 Å².